The first-order valence-corrected chi connectivity index (χ1v) is 5.63. The molecule has 3 rings (SSSR count). The molecule has 2 aliphatic heterocycles. The van der Waals surface area contributed by atoms with Crippen LogP contribution < -0.4 is 0 Å². The molecule has 7 heteroatoms. The summed E-state index contributed by atoms with van der Waals surface area (Å²) in [5, 5.41) is 30.2. The highest BCUT2D eigenvalue weighted by atomic mass is 16.9. The van der Waals surface area contributed by atoms with Crippen molar-refractivity contribution in [1.29, 1.82) is 0 Å². The number of hydrogen-bond acceptors (Lipinski definition) is 7. The highest BCUT2D eigenvalue weighted by molar-refractivity contribution is 5.74. The molecule has 2 fully saturated rings. The Kier molecular flexibility index (Phi) is 2.36. The van der Waals surface area contributed by atoms with Gasteiger partial charge in [0.1, 0.15) is 11.5 Å². The number of methoxy groups -OCH3 is 1. The van der Waals surface area contributed by atoms with Gasteiger partial charge < -0.3 is 24.8 Å². The van der Waals surface area contributed by atoms with Gasteiger partial charge in [-0.05, 0) is 0 Å². The van der Waals surface area contributed by atoms with Crippen molar-refractivity contribution in [3.8, 4) is 0 Å². The Balaban J connectivity index is 2.01. The number of aliphatic hydroxyl groups is 3. The number of carbonyl (C=O) groups is 1. The van der Waals surface area contributed by atoms with E-state index in [4.69, 9.17) is 9.47 Å². The minimum atomic E-state index is -2.08. The molecular formula is C11H14O7. The summed E-state index contributed by atoms with van der Waals surface area (Å²) in [6.45, 7) is -0.151. The van der Waals surface area contributed by atoms with E-state index in [2.05, 4.69) is 4.74 Å². The summed E-state index contributed by atoms with van der Waals surface area (Å²) in [6.07, 6.45) is 1.51. The van der Waals surface area contributed by atoms with Gasteiger partial charge in [-0.25, -0.2) is 0 Å². The van der Waals surface area contributed by atoms with E-state index < -0.39 is 41.6 Å². The van der Waals surface area contributed by atoms with Gasteiger partial charge in [-0.2, -0.15) is 0 Å². The van der Waals surface area contributed by atoms with Crippen LogP contribution >= 0.6 is 0 Å². The van der Waals surface area contributed by atoms with Gasteiger partial charge in [0.2, 0.25) is 0 Å². The molecule has 3 N–H and O–H groups in total. The van der Waals surface area contributed by atoms with E-state index in [0.29, 0.717) is 0 Å². The lowest BCUT2D eigenvalue weighted by Gasteiger charge is -2.43. The maximum absolute atomic E-state index is 11.7. The van der Waals surface area contributed by atoms with Crippen molar-refractivity contribution in [2.45, 2.75) is 17.9 Å². The van der Waals surface area contributed by atoms with Gasteiger partial charge in [-0.1, -0.05) is 12.2 Å². The summed E-state index contributed by atoms with van der Waals surface area (Å²) in [7, 11) is 1.20. The number of allylic oxidation sites excluding steroid dienone is 1. The van der Waals surface area contributed by atoms with Gasteiger partial charge in [-0.15, -0.1) is 0 Å². The zero-order valence-corrected chi connectivity index (χ0v) is 9.65. The third kappa shape index (κ3) is 1.33. The average Bonchev–Trinajstić information content (AvgIpc) is 2.78. The lowest BCUT2D eigenvalue weighted by Crippen LogP contribution is -2.58. The molecule has 3 aliphatic rings. The predicted octanol–water partition coefficient (Wildman–Crippen LogP) is -1.67. The minimum Gasteiger partial charge on any atom is -0.469 e. The smallest absolute Gasteiger partial charge is 0.314 e. The first kappa shape index (κ1) is 12.1. The molecule has 1 aliphatic carbocycles. The van der Waals surface area contributed by atoms with Crippen molar-refractivity contribution in [3.63, 3.8) is 0 Å². The van der Waals surface area contributed by atoms with Crippen molar-refractivity contribution in [3.05, 3.63) is 12.2 Å². The van der Waals surface area contributed by atoms with Crippen molar-refractivity contribution in [2.24, 2.45) is 17.8 Å². The van der Waals surface area contributed by atoms with Crippen LogP contribution in [0.2, 0.25) is 0 Å². The lowest BCUT2D eigenvalue weighted by molar-refractivity contribution is -0.429. The Bertz CT molecular complexity index is 422. The quantitative estimate of drug-likeness (QED) is 0.381. The molecule has 2 heterocycles. The van der Waals surface area contributed by atoms with E-state index in [1.54, 1.807) is 6.08 Å². The van der Waals surface area contributed by atoms with E-state index in [-0.39, 0.29) is 6.61 Å². The van der Waals surface area contributed by atoms with Gasteiger partial charge in [0, 0.05) is 5.92 Å². The Hall–Kier alpha value is -0.990. The zero-order chi connectivity index (χ0) is 13.1. The first-order valence-electron chi connectivity index (χ1n) is 5.63. The molecule has 0 aromatic rings. The van der Waals surface area contributed by atoms with Gasteiger partial charge in [0.25, 0.3) is 5.97 Å². The maximum atomic E-state index is 11.7. The molecule has 0 aromatic heterocycles. The molecule has 0 saturated carbocycles. The van der Waals surface area contributed by atoms with Crippen LogP contribution in [0.5, 0.6) is 0 Å². The molecular weight excluding hydrogens is 244 g/mol. The number of carbonyl (C=O) groups excluding carboxylic acids is 1. The first-order chi connectivity index (χ1) is 8.41. The highest BCUT2D eigenvalue weighted by Crippen LogP contribution is 2.54. The van der Waals surface area contributed by atoms with Gasteiger partial charge >= 0.3 is 5.97 Å². The number of ether oxygens (including phenoxy) is 3. The Labute approximate surface area is 103 Å². The van der Waals surface area contributed by atoms with Gasteiger partial charge in [0.15, 0.2) is 6.29 Å². The van der Waals surface area contributed by atoms with Crippen molar-refractivity contribution < 1.29 is 34.3 Å². The molecule has 0 aromatic carbocycles. The normalized spacial score (nSPS) is 53.3. The van der Waals surface area contributed by atoms with E-state index in [1.165, 1.54) is 13.2 Å². The SMILES string of the molecule is COC(=O)C1C(O)O[C@]2(O)OC[C@]3(O)C=C[C@H]1[C@H]23. The van der Waals surface area contributed by atoms with E-state index in [9.17, 15) is 20.1 Å². The van der Waals surface area contributed by atoms with Crippen LogP contribution in [-0.2, 0) is 19.0 Å². The standard InChI is InChI=1S/C11H14O7/c1-16-8(12)6-5-2-3-10(14)4-17-11(15,7(5)10)18-9(6)13/h2-3,5-7,9,13-15H,4H2,1H3/t5-,6?,7+,9?,10-,11-/m1/s1. The molecule has 100 valence electrons. The second kappa shape index (κ2) is 3.52. The largest absolute Gasteiger partial charge is 0.469 e. The Morgan fingerprint density at radius 1 is 1.50 bits per heavy atom. The molecule has 2 saturated heterocycles. The molecule has 0 amide bonds. The van der Waals surface area contributed by atoms with Crippen molar-refractivity contribution in [1.82, 2.24) is 0 Å². The molecule has 0 radical (unpaired) electrons. The fourth-order valence-electron chi connectivity index (χ4n) is 3.11. The minimum absolute atomic E-state index is 0.151. The number of esters is 1. The maximum Gasteiger partial charge on any atom is 0.314 e. The van der Waals surface area contributed by atoms with Crippen LogP contribution in [0.3, 0.4) is 0 Å². The molecule has 7 nitrogen and oxygen atoms in total. The van der Waals surface area contributed by atoms with Crippen LogP contribution in [0.25, 0.3) is 0 Å². The van der Waals surface area contributed by atoms with Crippen molar-refractivity contribution >= 4 is 5.97 Å². The molecule has 0 spiro atoms. The predicted molar refractivity (Wildman–Crippen MR) is 54.6 cm³/mol. The Morgan fingerprint density at radius 3 is 2.89 bits per heavy atom. The van der Waals surface area contributed by atoms with E-state index in [1.807, 2.05) is 0 Å². The average molecular weight is 258 g/mol. The van der Waals surface area contributed by atoms with E-state index >= 15 is 0 Å². The number of hydrogen-bond donors (Lipinski definition) is 3. The fraction of sp³-hybridized carbons (Fsp3) is 0.727. The molecule has 0 bridgehead atoms. The van der Waals surface area contributed by atoms with Crippen LogP contribution in [0.15, 0.2) is 12.2 Å². The summed E-state index contributed by atoms with van der Waals surface area (Å²) >= 11 is 0. The summed E-state index contributed by atoms with van der Waals surface area (Å²) in [6, 6.07) is 0. The van der Waals surface area contributed by atoms with Gasteiger partial charge in [0.05, 0.1) is 19.6 Å². The van der Waals surface area contributed by atoms with Crippen molar-refractivity contribution in [2.75, 3.05) is 13.7 Å². The lowest BCUT2D eigenvalue weighted by atomic mass is 9.75. The topological polar surface area (TPSA) is 105 Å². The summed E-state index contributed by atoms with van der Waals surface area (Å²) < 4.78 is 14.6. The highest BCUT2D eigenvalue weighted by Gasteiger charge is 2.69. The molecule has 6 atom stereocenters. The van der Waals surface area contributed by atoms with Crippen LogP contribution in [0, 0.1) is 17.8 Å². The fourth-order valence-corrected chi connectivity index (χ4v) is 3.11. The summed E-state index contributed by atoms with van der Waals surface area (Å²) in [5.41, 5.74) is -1.38. The van der Waals surface area contributed by atoms with Crippen LogP contribution in [0.1, 0.15) is 0 Å². The van der Waals surface area contributed by atoms with Gasteiger partial charge in [-0.3, -0.25) is 9.53 Å². The second-order valence-corrected chi connectivity index (χ2v) is 4.88. The molecule has 18 heavy (non-hydrogen) atoms. The summed E-state index contributed by atoms with van der Waals surface area (Å²) in [5.74, 6) is -5.17. The second-order valence-electron chi connectivity index (χ2n) is 4.88. The number of rotatable bonds is 1. The van der Waals surface area contributed by atoms with Crippen LogP contribution in [0.4, 0.5) is 0 Å². The van der Waals surface area contributed by atoms with E-state index in [0.717, 1.165) is 0 Å². The zero-order valence-electron chi connectivity index (χ0n) is 9.65. The summed E-state index contributed by atoms with van der Waals surface area (Å²) in [4.78, 5) is 11.7. The van der Waals surface area contributed by atoms with Crippen LogP contribution in [-0.4, -0.2) is 52.9 Å². The molecule has 2 unspecified atom stereocenters. The third-order valence-corrected chi connectivity index (χ3v) is 3.92. The number of aliphatic hydroxyl groups excluding tert-OH is 1. The monoisotopic (exact) mass is 258 g/mol. The third-order valence-electron chi connectivity index (χ3n) is 3.92. The Morgan fingerprint density at radius 2 is 2.22 bits per heavy atom.